The van der Waals surface area contributed by atoms with Gasteiger partial charge in [-0.25, -0.2) is 0 Å². The third-order valence-corrected chi connectivity index (χ3v) is 4.50. The maximum absolute atomic E-state index is 12.8. The lowest BCUT2D eigenvalue weighted by molar-refractivity contribution is -0.138. The molecule has 2 N–H and O–H groups in total. The summed E-state index contributed by atoms with van der Waals surface area (Å²) in [5.74, 6) is 1.80. The van der Waals surface area contributed by atoms with Crippen LogP contribution in [-0.4, -0.2) is 28.8 Å². The summed E-state index contributed by atoms with van der Waals surface area (Å²) in [5.41, 5.74) is -1.18. The van der Waals surface area contributed by atoms with Crippen LogP contribution in [0.25, 0.3) is 0 Å². The van der Waals surface area contributed by atoms with Crippen LogP contribution in [-0.2, 0) is 12.7 Å². The Kier molecular flexibility index (Phi) is 4.99. The number of aliphatic hydroxyl groups is 1. The van der Waals surface area contributed by atoms with Crippen LogP contribution in [0, 0.1) is 0 Å². The molecule has 0 unspecified atom stereocenters. The van der Waals surface area contributed by atoms with E-state index >= 15 is 0 Å². The van der Waals surface area contributed by atoms with Crippen molar-refractivity contribution in [3.63, 3.8) is 0 Å². The highest BCUT2D eigenvalue weighted by atomic mass is 32.2. The number of hydrogen-bond donors (Lipinski definition) is 2. The van der Waals surface area contributed by atoms with E-state index in [1.807, 2.05) is 0 Å². The molecule has 0 aromatic heterocycles. The molecule has 0 atom stereocenters. The van der Waals surface area contributed by atoms with Crippen molar-refractivity contribution >= 4 is 11.8 Å². The van der Waals surface area contributed by atoms with E-state index in [9.17, 15) is 18.3 Å². The SMILES string of the molecule is OC1(CNCc2ccccc2C(F)(F)F)CCSCC1. The largest absolute Gasteiger partial charge is 0.416 e. The number of nitrogens with one attached hydrogen (secondary N) is 1. The Labute approximate surface area is 120 Å². The number of hydrogen-bond acceptors (Lipinski definition) is 3. The molecule has 0 radical (unpaired) electrons. The molecule has 1 aliphatic heterocycles. The Morgan fingerprint density at radius 2 is 1.85 bits per heavy atom. The maximum atomic E-state index is 12.8. The van der Waals surface area contributed by atoms with Crippen LogP contribution in [0.15, 0.2) is 24.3 Å². The van der Waals surface area contributed by atoms with Gasteiger partial charge in [-0.15, -0.1) is 0 Å². The lowest BCUT2D eigenvalue weighted by atomic mass is 9.96. The topological polar surface area (TPSA) is 32.3 Å². The molecule has 1 fully saturated rings. The summed E-state index contributed by atoms with van der Waals surface area (Å²) in [4.78, 5) is 0. The zero-order valence-electron chi connectivity index (χ0n) is 11.0. The highest BCUT2D eigenvalue weighted by molar-refractivity contribution is 7.99. The highest BCUT2D eigenvalue weighted by Gasteiger charge is 2.33. The van der Waals surface area contributed by atoms with Crippen LogP contribution in [0.3, 0.4) is 0 Å². The van der Waals surface area contributed by atoms with Crippen LogP contribution in [0.1, 0.15) is 24.0 Å². The molecule has 6 heteroatoms. The predicted molar refractivity (Wildman–Crippen MR) is 74.7 cm³/mol. The normalized spacial score (nSPS) is 19.0. The summed E-state index contributed by atoms with van der Waals surface area (Å²) in [7, 11) is 0. The smallest absolute Gasteiger partial charge is 0.389 e. The molecular weight excluding hydrogens is 287 g/mol. The lowest BCUT2D eigenvalue weighted by Crippen LogP contribution is -2.43. The van der Waals surface area contributed by atoms with Crippen molar-refractivity contribution in [3.8, 4) is 0 Å². The van der Waals surface area contributed by atoms with E-state index in [2.05, 4.69) is 5.32 Å². The molecule has 1 aromatic rings. The number of halogens is 3. The molecular formula is C14H18F3NOS. The van der Waals surface area contributed by atoms with Gasteiger partial charge in [0.15, 0.2) is 0 Å². The Balaban J connectivity index is 1.94. The van der Waals surface area contributed by atoms with E-state index in [-0.39, 0.29) is 12.1 Å². The Bertz CT molecular complexity index is 444. The second-order valence-corrected chi connectivity index (χ2v) is 6.32. The molecule has 2 nitrogen and oxygen atoms in total. The van der Waals surface area contributed by atoms with Gasteiger partial charge in [-0.05, 0) is 36.0 Å². The van der Waals surface area contributed by atoms with Crippen molar-refractivity contribution in [1.29, 1.82) is 0 Å². The summed E-state index contributed by atoms with van der Waals surface area (Å²) < 4.78 is 38.5. The minimum Gasteiger partial charge on any atom is -0.389 e. The molecule has 0 spiro atoms. The second kappa shape index (κ2) is 6.37. The fourth-order valence-electron chi connectivity index (χ4n) is 2.31. The zero-order valence-corrected chi connectivity index (χ0v) is 11.9. The van der Waals surface area contributed by atoms with Crippen LogP contribution in [0.2, 0.25) is 0 Å². The standard InChI is InChI=1S/C14H18F3NOS/c15-14(16,17)12-4-2-1-3-11(12)9-18-10-13(19)5-7-20-8-6-13/h1-4,18-19H,5-10H2. The first-order valence-electron chi connectivity index (χ1n) is 6.57. The van der Waals surface area contributed by atoms with Gasteiger partial charge < -0.3 is 10.4 Å². The van der Waals surface area contributed by atoms with Gasteiger partial charge >= 0.3 is 6.18 Å². The van der Waals surface area contributed by atoms with Crippen molar-refractivity contribution in [3.05, 3.63) is 35.4 Å². The van der Waals surface area contributed by atoms with E-state index < -0.39 is 17.3 Å². The third-order valence-electron chi connectivity index (χ3n) is 3.52. The Morgan fingerprint density at radius 1 is 1.20 bits per heavy atom. The quantitative estimate of drug-likeness (QED) is 0.897. The van der Waals surface area contributed by atoms with Gasteiger partial charge in [-0.1, -0.05) is 18.2 Å². The second-order valence-electron chi connectivity index (χ2n) is 5.10. The predicted octanol–water partition coefficient (Wildman–Crippen LogP) is 3.05. The molecule has 0 saturated carbocycles. The van der Waals surface area contributed by atoms with E-state index in [0.717, 1.165) is 17.6 Å². The summed E-state index contributed by atoms with van der Waals surface area (Å²) in [6.07, 6.45) is -2.96. The molecule has 20 heavy (non-hydrogen) atoms. The van der Waals surface area contributed by atoms with Gasteiger partial charge in [0.05, 0.1) is 11.2 Å². The van der Waals surface area contributed by atoms with Crippen molar-refractivity contribution in [2.45, 2.75) is 31.2 Å². The van der Waals surface area contributed by atoms with Crippen molar-refractivity contribution in [1.82, 2.24) is 5.32 Å². The first-order chi connectivity index (χ1) is 9.41. The fraction of sp³-hybridized carbons (Fsp3) is 0.571. The fourth-order valence-corrected chi connectivity index (χ4v) is 3.56. The molecule has 0 bridgehead atoms. The van der Waals surface area contributed by atoms with Crippen LogP contribution >= 0.6 is 11.8 Å². The van der Waals surface area contributed by atoms with Gasteiger partial charge in [-0.2, -0.15) is 24.9 Å². The molecule has 0 aliphatic carbocycles. The van der Waals surface area contributed by atoms with E-state index in [1.54, 1.807) is 17.8 Å². The van der Waals surface area contributed by atoms with E-state index in [0.29, 0.717) is 19.4 Å². The van der Waals surface area contributed by atoms with Crippen molar-refractivity contribution in [2.75, 3.05) is 18.1 Å². The lowest BCUT2D eigenvalue weighted by Gasteiger charge is -2.32. The average Bonchev–Trinajstić information content (AvgIpc) is 2.39. The first-order valence-corrected chi connectivity index (χ1v) is 7.72. The Hall–Kier alpha value is -0.720. The molecule has 0 amide bonds. The van der Waals surface area contributed by atoms with Gasteiger partial charge in [0.2, 0.25) is 0 Å². The number of thioether (sulfide) groups is 1. The number of rotatable bonds is 4. The van der Waals surface area contributed by atoms with Crippen LogP contribution < -0.4 is 5.32 Å². The summed E-state index contributed by atoms with van der Waals surface area (Å²) in [6, 6.07) is 5.54. The number of alkyl halides is 3. The minimum absolute atomic E-state index is 0.116. The molecule has 112 valence electrons. The van der Waals surface area contributed by atoms with Crippen molar-refractivity contribution < 1.29 is 18.3 Å². The van der Waals surface area contributed by atoms with E-state index in [4.69, 9.17) is 0 Å². The monoisotopic (exact) mass is 305 g/mol. The van der Waals surface area contributed by atoms with Crippen LogP contribution in [0.5, 0.6) is 0 Å². The maximum Gasteiger partial charge on any atom is 0.416 e. The average molecular weight is 305 g/mol. The highest BCUT2D eigenvalue weighted by Crippen LogP contribution is 2.32. The molecule has 1 aliphatic rings. The summed E-state index contributed by atoms with van der Waals surface area (Å²) in [5, 5.41) is 13.2. The summed E-state index contributed by atoms with van der Waals surface area (Å²) >= 11 is 1.80. The third kappa shape index (κ3) is 4.14. The molecule has 2 rings (SSSR count). The summed E-state index contributed by atoms with van der Waals surface area (Å²) in [6.45, 7) is 0.449. The minimum atomic E-state index is -4.34. The van der Waals surface area contributed by atoms with Crippen LogP contribution in [0.4, 0.5) is 13.2 Å². The number of benzene rings is 1. The van der Waals surface area contributed by atoms with Crippen molar-refractivity contribution in [2.24, 2.45) is 0 Å². The zero-order chi connectivity index (χ0) is 14.6. The Morgan fingerprint density at radius 3 is 2.50 bits per heavy atom. The first kappa shape index (κ1) is 15.7. The van der Waals surface area contributed by atoms with Gasteiger partial charge in [0.25, 0.3) is 0 Å². The molecule has 1 aromatic carbocycles. The van der Waals surface area contributed by atoms with E-state index in [1.165, 1.54) is 12.1 Å². The van der Waals surface area contributed by atoms with Gasteiger partial charge in [0.1, 0.15) is 0 Å². The molecule has 1 saturated heterocycles. The van der Waals surface area contributed by atoms with Gasteiger partial charge in [-0.3, -0.25) is 0 Å². The van der Waals surface area contributed by atoms with Gasteiger partial charge in [0, 0.05) is 13.1 Å². The molecule has 1 heterocycles.